The third kappa shape index (κ3) is 2.55. The van der Waals surface area contributed by atoms with Crippen molar-refractivity contribution < 1.29 is 13.9 Å². The monoisotopic (exact) mass is 303 g/mol. The molecule has 2 aromatic carbocycles. The molecule has 2 heterocycles. The minimum absolute atomic E-state index is 0.332. The Morgan fingerprint density at radius 3 is 2.61 bits per heavy atom. The third-order valence-electron chi connectivity index (χ3n) is 3.72. The Hall–Kier alpha value is -3.14. The Balaban J connectivity index is 1.61. The van der Waals surface area contributed by atoms with Gasteiger partial charge in [-0.2, -0.15) is 0 Å². The van der Waals surface area contributed by atoms with Gasteiger partial charge in [-0.15, -0.1) is 0 Å². The van der Waals surface area contributed by atoms with Gasteiger partial charge in [0.2, 0.25) is 5.89 Å². The van der Waals surface area contributed by atoms with Crippen LogP contribution in [0, 0.1) is 0 Å². The molecule has 0 radical (unpaired) electrons. The van der Waals surface area contributed by atoms with E-state index in [1.165, 1.54) is 0 Å². The molecule has 0 fully saturated rings. The molecule has 4 nitrogen and oxygen atoms in total. The first-order chi connectivity index (χ1) is 11.3. The Kier molecular flexibility index (Phi) is 3.27. The average molecular weight is 303 g/mol. The van der Waals surface area contributed by atoms with Gasteiger partial charge in [0.25, 0.3) is 0 Å². The van der Waals surface area contributed by atoms with Crippen LogP contribution in [0.1, 0.15) is 28.7 Å². The number of rotatable bonds is 3. The first-order valence-electron chi connectivity index (χ1n) is 7.31. The molecule has 0 N–H and O–H groups in total. The number of esters is 1. The molecular weight excluding hydrogens is 290 g/mol. The van der Waals surface area contributed by atoms with Crippen molar-refractivity contribution in [2.45, 2.75) is 5.92 Å². The van der Waals surface area contributed by atoms with Crippen molar-refractivity contribution in [1.29, 1.82) is 0 Å². The second-order valence-corrected chi connectivity index (χ2v) is 5.24. The van der Waals surface area contributed by atoms with Crippen molar-refractivity contribution in [3.63, 3.8) is 0 Å². The molecule has 112 valence electrons. The number of hydrogen-bond acceptors (Lipinski definition) is 4. The van der Waals surface area contributed by atoms with Crippen LogP contribution >= 0.6 is 0 Å². The molecule has 0 bridgehead atoms. The molecule has 0 spiro atoms. The van der Waals surface area contributed by atoms with Crippen molar-refractivity contribution >= 4 is 18.1 Å². The number of nitrogens with zero attached hydrogens (tertiary/aromatic N) is 1. The van der Waals surface area contributed by atoms with Crippen molar-refractivity contribution in [2.24, 2.45) is 0 Å². The summed E-state index contributed by atoms with van der Waals surface area (Å²) >= 11 is 0. The van der Waals surface area contributed by atoms with Crippen molar-refractivity contribution in [2.75, 3.05) is 0 Å². The van der Waals surface area contributed by atoms with E-state index in [0.29, 0.717) is 17.4 Å². The molecule has 0 aliphatic carbocycles. The zero-order chi connectivity index (χ0) is 15.6. The fraction of sp³-hybridized carbons (Fsp3) is 0.0526. The summed E-state index contributed by atoms with van der Waals surface area (Å²) in [6.07, 6.45) is 5.28. The third-order valence-corrected chi connectivity index (χ3v) is 3.72. The van der Waals surface area contributed by atoms with Crippen LogP contribution in [0.3, 0.4) is 0 Å². The second kappa shape index (κ2) is 5.57. The SMILES string of the molecule is O=C1Oc2ccccc2C1c1cnc(/C=C/c2ccccc2)o1. The van der Waals surface area contributed by atoms with Crippen LogP contribution in [0.2, 0.25) is 0 Å². The molecule has 0 saturated heterocycles. The molecule has 1 aliphatic heterocycles. The quantitative estimate of drug-likeness (QED) is 0.544. The first-order valence-corrected chi connectivity index (χ1v) is 7.31. The summed E-state index contributed by atoms with van der Waals surface area (Å²) < 4.78 is 11.0. The molecule has 1 unspecified atom stereocenters. The number of carbonyl (C=O) groups is 1. The summed E-state index contributed by atoms with van der Waals surface area (Å²) in [4.78, 5) is 16.3. The van der Waals surface area contributed by atoms with Crippen molar-refractivity contribution in [3.05, 3.63) is 83.6 Å². The van der Waals surface area contributed by atoms with Crippen LogP contribution in [0.4, 0.5) is 0 Å². The zero-order valence-electron chi connectivity index (χ0n) is 12.2. The van der Waals surface area contributed by atoms with E-state index in [0.717, 1.165) is 11.1 Å². The predicted octanol–water partition coefficient (Wildman–Crippen LogP) is 3.90. The molecule has 3 aromatic rings. The molecule has 0 amide bonds. The van der Waals surface area contributed by atoms with E-state index in [9.17, 15) is 4.79 Å². The largest absolute Gasteiger partial charge is 0.441 e. The molecule has 1 atom stereocenters. The summed E-state index contributed by atoms with van der Waals surface area (Å²) in [5.41, 5.74) is 1.87. The number of ether oxygens (including phenoxy) is 1. The lowest BCUT2D eigenvalue weighted by Crippen LogP contribution is -2.10. The summed E-state index contributed by atoms with van der Waals surface area (Å²) in [5.74, 6) is 0.660. The van der Waals surface area contributed by atoms with Gasteiger partial charge in [-0.3, -0.25) is 4.79 Å². The van der Waals surface area contributed by atoms with Crippen LogP contribution < -0.4 is 4.74 Å². The normalized spacial score (nSPS) is 16.5. The van der Waals surface area contributed by atoms with E-state index in [2.05, 4.69) is 4.98 Å². The smallest absolute Gasteiger partial charge is 0.326 e. The molecular formula is C19H13NO3. The van der Waals surface area contributed by atoms with Gasteiger partial charge in [-0.25, -0.2) is 4.98 Å². The minimum atomic E-state index is -0.544. The van der Waals surface area contributed by atoms with Crippen LogP contribution in [0.25, 0.3) is 12.2 Å². The van der Waals surface area contributed by atoms with Gasteiger partial charge < -0.3 is 9.15 Å². The Morgan fingerprint density at radius 2 is 1.74 bits per heavy atom. The lowest BCUT2D eigenvalue weighted by molar-refractivity contribution is -0.133. The standard InChI is InChI=1S/C19H13NO3/c21-19-18(14-8-4-5-9-15(14)23-19)16-12-20-17(22-16)11-10-13-6-2-1-3-7-13/h1-12,18H/b11-10+. The highest BCUT2D eigenvalue weighted by Crippen LogP contribution is 2.39. The Labute approximate surface area is 133 Å². The van der Waals surface area contributed by atoms with Crippen molar-refractivity contribution in [1.82, 2.24) is 4.98 Å². The maximum atomic E-state index is 12.1. The van der Waals surface area contributed by atoms with Gasteiger partial charge >= 0.3 is 5.97 Å². The summed E-state index contributed by atoms with van der Waals surface area (Å²) in [6, 6.07) is 17.2. The van der Waals surface area contributed by atoms with Gasteiger partial charge in [0.1, 0.15) is 17.4 Å². The number of aromatic nitrogens is 1. The highest BCUT2D eigenvalue weighted by atomic mass is 16.5. The van der Waals surface area contributed by atoms with Crippen LogP contribution in [-0.2, 0) is 4.79 Å². The average Bonchev–Trinajstić information content (AvgIpc) is 3.17. The van der Waals surface area contributed by atoms with Gasteiger partial charge in [-0.1, -0.05) is 48.5 Å². The van der Waals surface area contributed by atoms with Gasteiger partial charge in [0, 0.05) is 11.6 Å². The zero-order valence-corrected chi connectivity index (χ0v) is 12.2. The van der Waals surface area contributed by atoms with E-state index in [1.807, 2.05) is 54.6 Å². The molecule has 4 heteroatoms. The summed E-state index contributed by atoms with van der Waals surface area (Å²) in [6.45, 7) is 0. The minimum Gasteiger partial charge on any atom is -0.441 e. The lowest BCUT2D eigenvalue weighted by Gasteiger charge is -2.01. The Bertz CT molecular complexity index is 880. The van der Waals surface area contributed by atoms with E-state index < -0.39 is 5.92 Å². The highest BCUT2D eigenvalue weighted by molar-refractivity contribution is 5.88. The lowest BCUT2D eigenvalue weighted by atomic mass is 9.99. The molecule has 1 aliphatic rings. The van der Waals surface area contributed by atoms with E-state index >= 15 is 0 Å². The number of benzene rings is 2. The number of oxazole rings is 1. The highest BCUT2D eigenvalue weighted by Gasteiger charge is 2.36. The molecule has 1 aromatic heterocycles. The van der Waals surface area contributed by atoms with Crippen LogP contribution in [-0.4, -0.2) is 11.0 Å². The number of carbonyl (C=O) groups excluding carboxylic acids is 1. The number of para-hydroxylation sites is 1. The van der Waals surface area contributed by atoms with E-state index in [1.54, 1.807) is 18.3 Å². The fourth-order valence-electron chi connectivity index (χ4n) is 2.62. The maximum Gasteiger partial charge on any atom is 0.326 e. The van der Waals surface area contributed by atoms with Crippen LogP contribution in [0.5, 0.6) is 5.75 Å². The first kappa shape index (κ1) is 13.5. The summed E-state index contributed by atoms with van der Waals surface area (Å²) in [5, 5.41) is 0. The van der Waals surface area contributed by atoms with E-state index in [-0.39, 0.29) is 5.97 Å². The second-order valence-electron chi connectivity index (χ2n) is 5.24. The Morgan fingerprint density at radius 1 is 0.957 bits per heavy atom. The van der Waals surface area contributed by atoms with Crippen LogP contribution in [0.15, 0.2) is 65.2 Å². The molecule has 23 heavy (non-hydrogen) atoms. The molecule has 0 saturated carbocycles. The fourth-order valence-corrected chi connectivity index (χ4v) is 2.62. The predicted molar refractivity (Wildman–Crippen MR) is 85.8 cm³/mol. The van der Waals surface area contributed by atoms with E-state index in [4.69, 9.17) is 9.15 Å². The van der Waals surface area contributed by atoms with Crippen molar-refractivity contribution in [3.8, 4) is 5.75 Å². The van der Waals surface area contributed by atoms with Gasteiger partial charge in [0.05, 0.1) is 6.20 Å². The van der Waals surface area contributed by atoms with Gasteiger partial charge in [0.15, 0.2) is 0 Å². The molecule has 4 rings (SSSR count). The number of fused-ring (bicyclic) bond motifs is 1. The summed E-state index contributed by atoms with van der Waals surface area (Å²) in [7, 11) is 0. The topological polar surface area (TPSA) is 52.3 Å². The van der Waals surface area contributed by atoms with Gasteiger partial charge in [-0.05, 0) is 17.7 Å². The maximum absolute atomic E-state index is 12.1. The number of hydrogen-bond donors (Lipinski definition) is 0.